The Balaban J connectivity index is 1.45. The molecule has 3 N–H and O–H groups in total. The summed E-state index contributed by atoms with van der Waals surface area (Å²) in [5, 5.41) is 6.23. The lowest BCUT2D eigenvalue weighted by Crippen LogP contribution is -2.45. The lowest BCUT2D eigenvalue weighted by Gasteiger charge is -2.30. The van der Waals surface area contributed by atoms with Crippen LogP contribution < -0.4 is 10.6 Å². The van der Waals surface area contributed by atoms with Crippen LogP contribution in [0.15, 0.2) is 36.8 Å². The highest BCUT2D eigenvalue weighted by Crippen LogP contribution is 2.19. The molecule has 3 rings (SSSR count). The van der Waals surface area contributed by atoms with Crippen LogP contribution in [0, 0.1) is 6.92 Å². The summed E-state index contributed by atoms with van der Waals surface area (Å²) in [4.78, 5) is 31.6. The maximum absolute atomic E-state index is 12.4. The first kappa shape index (κ1) is 18.2. The van der Waals surface area contributed by atoms with Crippen molar-refractivity contribution in [2.45, 2.75) is 57.5 Å². The highest BCUT2D eigenvalue weighted by molar-refractivity contribution is 5.95. The smallest absolute Gasteiger partial charge is 0.253 e. The molecule has 2 atom stereocenters. The second kappa shape index (κ2) is 8.65. The minimum absolute atomic E-state index is 0.0431. The Morgan fingerprint density at radius 2 is 1.88 bits per heavy atom. The fraction of sp³-hybridized carbons (Fsp3) is 0.450. The number of hydrogen-bond acceptors (Lipinski definition) is 3. The average molecular weight is 354 g/mol. The summed E-state index contributed by atoms with van der Waals surface area (Å²) in [6.45, 7) is 1.89. The van der Waals surface area contributed by atoms with Crippen LogP contribution in [0.2, 0.25) is 0 Å². The van der Waals surface area contributed by atoms with E-state index in [1.165, 1.54) is 0 Å². The van der Waals surface area contributed by atoms with Crippen LogP contribution in [-0.2, 0) is 11.2 Å². The van der Waals surface area contributed by atoms with Gasteiger partial charge in [-0.3, -0.25) is 14.6 Å². The number of amides is 2. The zero-order valence-electron chi connectivity index (χ0n) is 15.1. The predicted octanol–water partition coefficient (Wildman–Crippen LogP) is 2.51. The normalized spacial score (nSPS) is 19.7. The number of aromatic nitrogens is 2. The number of aromatic amines is 1. The van der Waals surface area contributed by atoms with Crippen molar-refractivity contribution in [1.82, 2.24) is 20.6 Å². The molecule has 2 heterocycles. The standard InChI is InChI=1S/C20H26N4O2/c1-14-18(9-12-22-14)20(26)24-17-4-2-3-16(13-17)23-19(25)6-5-15-7-10-21-11-8-15/h7-12,16-17,22H,2-6,13H2,1H3,(H,23,25)(H,24,26)/t16-,17-/m1/s1. The van der Waals surface area contributed by atoms with Crippen molar-refractivity contribution in [3.05, 3.63) is 53.6 Å². The molecule has 2 amide bonds. The molecule has 0 spiro atoms. The third-order valence-electron chi connectivity index (χ3n) is 4.96. The summed E-state index contributed by atoms with van der Waals surface area (Å²) in [6, 6.07) is 5.90. The molecule has 1 aliphatic carbocycles. The minimum atomic E-state index is -0.0431. The third-order valence-corrected chi connectivity index (χ3v) is 4.96. The van der Waals surface area contributed by atoms with Crippen molar-refractivity contribution in [1.29, 1.82) is 0 Å². The van der Waals surface area contributed by atoms with Crippen molar-refractivity contribution < 1.29 is 9.59 Å². The molecular formula is C20H26N4O2. The Hall–Kier alpha value is -2.63. The summed E-state index contributed by atoms with van der Waals surface area (Å²) in [5.74, 6) is 0.0266. The maximum Gasteiger partial charge on any atom is 0.253 e. The molecule has 6 heteroatoms. The highest BCUT2D eigenvalue weighted by atomic mass is 16.2. The quantitative estimate of drug-likeness (QED) is 0.745. The molecule has 0 bridgehead atoms. The number of carbonyl (C=O) groups is 2. The molecule has 6 nitrogen and oxygen atoms in total. The number of carbonyl (C=O) groups excluding carboxylic acids is 2. The zero-order valence-corrected chi connectivity index (χ0v) is 15.1. The topological polar surface area (TPSA) is 86.9 Å². The Bertz CT molecular complexity index is 741. The second-order valence-corrected chi connectivity index (χ2v) is 6.97. The van der Waals surface area contributed by atoms with Crippen molar-refractivity contribution in [2.24, 2.45) is 0 Å². The van der Waals surface area contributed by atoms with Crippen molar-refractivity contribution >= 4 is 11.8 Å². The number of aryl methyl sites for hydroxylation is 2. The van der Waals surface area contributed by atoms with Crippen LogP contribution in [0.25, 0.3) is 0 Å². The van der Waals surface area contributed by atoms with Gasteiger partial charge in [0.15, 0.2) is 0 Å². The molecule has 26 heavy (non-hydrogen) atoms. The Kier molecular flexibility index (Phi) is 6.04. The van der Waals surface area contributed by atoms with E-state index in [4.69, 9.17) is 0 Å². The Morgan fingerprint density at radius 3 is 2.58 bits per heavy atom. The fourth-order valence-electron chi connectivity index (χ4n) is 3.52. The van der Waals surface area contributed by atoms with Crippen LogP contribution in [0.1, 0.15) is 53.7 Å². The predicted molar refractivity (Wildman–Crippen MR) is 99.7 cm³/mol. The number of rotatable bonds is 6. The molecule has 0 saturated heterocycles. The minimum Gasteiger partial charge on any atom is -0.365 e. The van der Waals surface area contributed by atoms with E-state index in [1.54, 1.807) is 24.7 Å². The first-order chi connectivity index (χ1) is 12.6. The number of hydrogen-bond donors (Lipinski definition) is 3. The van der Waals surface area contributed by atoms with E-state index in [0.29, 0.717) is 18.4 Å². The van der Waals surface area contributed by atoms with E-state index < -0.39 is 0 Å². The van der Waals surface area contributed by atoms with Gasteiger partial charge in [0.1, 0.15) is 0 Å². The number of pyridine rings is 1. The molecule has 0 unspecified atom stereocenters. The van der Waals surface area contributed by atoms with Crippen molar-refractivity contribution in [3.8, 4) is 0 Å². The van der Waals surface area contributed by atoms with Crippen molar-refractivity contribution in [3.63, 3.8) is 0 Å². The summed E-state index contributed by atoms with van der Waals surface area (Å²) in [7, 11) is 0. The van der Waals surface area contributed by atoms with Gasteiger partial charge < -0.3 is 15.6 Å². The molecule has 1 saturated carbocycles. The molecular weight excluding hydrogens is 328 g/mol. The third kappa shape index (κ3) is 4.94. The van der Waals surface area contributed by atoms with Crippen LogP contribution in [-0.4, -0.2) is 33.9 Å². The lowest BCUT2D eigenvalue weighted by atomic mass is 9.90. The van der Waals surface area contributed by atoms with E-state index in [2.05, 4.69) is 20.6 Å². The molecule has 2 aromatic rings. The maximum atomic E-state index is 12.4. The highest BCUT2D eigenvalue weighted by Gasteiger charge is 2.25. The molecule has 2 aromatic heterocycles. The molecule has 0 aromatic carbocycles. The SMILES string of the molecule is Cc1[nH]ccc1C(=O)N[C@@H]1CCC[C@@H](NC(=O)CCc2ccncc2)C1. The summed E-state index contributed by atoms with van der Waals surface area (Å²) >= 11 is 0. The number of H-pyrrole nitrogens is 1. The molecule has 0 aliphatic heterocycles. The van der Waals surface area contributed by atoms with E-state index in [0.717, 1.165) is 36.9 Å². The largest absolute Gasteiger partial charge is 0.365 e. The average Bonchev–Trinajstić information content (AvgIpc) is 3.07. The van der Waals surface area contributed by atoms with Crippen LogP contribution in [0.3, 0.4) is 0 Å². The number of nitrogens with zero attached hydrogens (tertiary/aromatic N) is 1. The second-order valence-electron chi connectivity index (χ2n) is 6.97. The van der Waals surface area contributed by atoms with Gasteiger partial charge in [-0.1, -0.05) is 0 Å². The van der Waals surface area contributed by atoms with E-state index in [9.17, 15) is 9.59 Å². The van der Waals surface area contributed by atoms with Gasteiger partial charge in [0.2, 0.25) is 5.91 Å². The van der Waals surface area contributed by atoms with Gasteiger partial charge in [-0.05, 0) is 62.8 Å². The van der Waals surface area contributed by atoms with E-state index in [-0.39, 0.29) is 23.9 Å². The molecule has 0 radical (unpaired) electrons. The summed E-state index contributed by atoms with van der Waals surface area (Å²) in [5.41, 5.74) is 2.68. The van der Waals surface area contributed by atoms with E-state index >= 15 is 0 Å². The van der Waals surface area contributed by atoms with Gasteiger partial charge in [-0.2, -0.15) is 0 Å². The van der Waals surface area contributed by atoms with Gasteiger partial charge in [-0.15, -0.1) is 0 Å². The van der Waals surface area contributed by atoms with Crippen molar-refractivity contribution in [2.75, 3.05) is 0 Å². The molecule has 1 aliphatic rings. The molecule has 138 valence electrons. The van der Waals surface area contributed by atoms with Crippen LogP contribution in [0.4, 0.5) is 0 Å². The monoisotopic (exact) mass is 354 g/mol. The summed E-state index contributed by atoms with van der Waals surface area (Å²) < 4.78 is 0. The lowest BCUT2D eigenvalue weighted by molar-refractivity contribution is -0.122. The molecule has 1 fully saturated rings. The van der Waals surface area contributed by atoms with Gasteiger partial charge in [0, 0.05) is 42.8 Å². The first-order valence-electron chi connectivity index (χ1n) is 9.25. The summed E-state index contributed by atoms with van der Waals surface area (Å²) in [6.07, 6.45) is 10.2. The van der Waals surface area contributed by atoms with Gasteiger partial charge in [0.05, 0.1) is 5.56 Å². The number of nitrogens with one attached hydrogen (secondary N) is 3. The van der Waals surface area contributed by atoms with Crippen LogP contribution >= 0.6 is 0 Å². The van der Waals surface area contributed by atoms with Gasteiger partial charge >= 0.3 is 0 Å². The van der Waals surface area contributed by atoms with Crippen LogP contribution in [0.5, 0.6) is 0 Å². The van der Waals surface area contributed by atoms with Gasteiger partial charge in [0.25, 0.3) is 5.91 Å². The Morgan fingerprint density at radius 1 is 1.15 bits per heavy atom. The first-order valence-corrected chi connectivity index (χ1v) is 9.25. The van der Waals surface area contributed by atoms with E-state index in [1.807, 2.05) is 19.1 Å². The zero-order chi connectivity index (χ0) is 18.4. The van der Waals surface area contributed by atoms with Gasteiger partial charge in [-0.25, -0.2) is 0 Å². The Labute approximate surface area is 153 Å². The fourth-order valence-corrected chi connectivity index (χ4v) is 3.52.